The topological polar surface area (TPSA) is 76.1 Å². The van der Waals surface area contributed by atoms with Crippen molar-refractivity contribution in [1.29, 1.82) is 0 Å². The fraction of sp³-hybridized carbons (Fsp3) is 0.440. The van der Waals surface area contributed by atoms with E-state index in [-0.39, 0.29) is 6.03 Å². The Labute approximate surface area is 190 Å². The molecule has 2 N–H and O–H groups in total. The summed E-state index contributed by atoms with van der Waals surface area (Å²) >= 11 is 0. The van der Waals surface area contributed by atoms with Crippen LogP contribution in [0.1, 0.15) is 52.9 Å². The van der Waals surface area contributed by atoms with Gasteiger partial charge >= 0.3 is 12.1 Å². The molecule has 0 spiro atoms. The van der Waals surface area contributed by atoms with Crippen LogP contribution in [-0.4, -0.2) is 45.5 Å². The van der Waals surface area contributed by atoms with Crippen LogP contribution in [0.4, 0.5) is 21.0 Å². The van der Waals surface area contributed by atoms with Crippen molar-refractivity contribution in [2.45, 2.75) is 64.6 Å². The summed E-state index contributed by atoms with van der Waals surface area (Å²) in [6, 6.07) is 17.2. The van der Waals surface area contributed by atoms with Gasteiger partial charge in [0.15, 0.2) is 6.17 Å². The van der Waals surface area contributed by atoms with E-state index in [9.17, 15) is 14.8 Å². The fourth-order valence-electron chi connectivity index (χ4n) is 4.26. The van der Waals surface area contributed by atoms with E-state index in [1.807, 2.05) is 50.2 Å². The number of rotatable bonds is 9. The Morgan fingerprint density at radius 2 is 1.59 bits per heavy atom. The predicted molar refractivity (Wildman–Crippen MR) is 127 cm³/mol. The first kappa shape index (κ1) is 23.6. The van der Waals surface area contributed by atoms with Gasteiger partial charge in [-0.15, -0.1) is 0 Å². The van der Waals surface area contributed by atoms with Crippen LogP contribution < -0.4 is 10.2 Å². The Morgan fingerprint density at radius 3 is 2.22 bits per heavy atom. The zero-order valence-corrected chi connectivity index (χ0v) is 19.2. The van der Waals surface area contributed by atoms with Crippen molar-refractivity contribution >= 4 is 23.4 Å². The van der Waals surface area contributed by atoms with Crippen LogP contribution in [0.2, 0.25) is 0 Å². The highest BCUT2D eigenvalue weighted by atomic mass is 16.5. The van der Waals surface area contributed by atoms with Crippen LogP contribution in [0.25, 0.3) is 0 Å². The van der Waals surface area contributed by atoms with Gasteiger partial charge in [0.05, 0.1) is 5.54 Å². The van der Waals surface area contributed by atoms with E-state index < -0.39 is 17.7 Å². The van der Waals surface area contributed by atoms with Gasteiger partial charge in [0.2, 0.25) is 0 Å². The van der Waals surface area contributed by atoms with Crippen molar-refractivity contribution in [3.8, 4) is 0 Å². The largest absolute Gasteiger partial charge is 0.347 e. The van der Waals surface area contributed by atoms with E-state index in [0.29, 0.717) is 23.0 Å². The summed E-state index contributed by atoms with van der Waals surface area (Å²) in [7, 11) is 0. The number of nitrogens with zero attached hydrogens (tertiary/aromatic N) is 3. The third-order valence-corrected chi connectivity index (χ3v) is 5.99. The molecule has 0 unspecified atom stereocenters. The number of para-hydroxylation sites is 2. The molecule has 0 saturated carbocycles. The molecule has 0 radical (unpaired) electrons. The SMILES string of the molecule is CCCCCCCN1C(=O)N(c2ccccc2)[C@H](N(O)C(=O)Nc2ccccc2)C1(C)C. The minimum Gasteiger partial charge on any atom is -0.315 e. The lowest BCUT2D eigenvalue weighted by atomic mass is 9.99. The second kappa shape index (κ2) is 10.5. The molecule has 7 nitrogen and oxygen atoms in total. The number of amides is 4. The summed E-state index contributed by atoms with van der Waals surface area (Å²) in [6.45, 7) is 6.53. The Morgan fingerprint density at radius 1 is 1.00 bits per heavy atom. The highest BCUT2D eigenvalue weighted by Crippen LogP contribution is 2.38. The van der Waals surface area contributed by atoms with Crippen LogP contribution in [0.3, 0.4) is 0 Å². The first-order chi connectivity index (χ1) is 15.4. The van der Waals surface area contributed by atoms with Crippen molar-refractivity contribution in [2.24, 2.45) is 0 Å². The van der Waals surface area contributed by atoms with E-state index in [1.54, 1.807) is 29.2 Å². The van der Waals surface area contributed by atoms with Crippen LogP contribution >= 0.6 is 0 Å². The quantitative estimate of drug-likeness (QED) is 0.289. The number of unbranched alkanes of at least 4 members (excludes halogenated alkanes) is 4. The first-order valence-corrected chi connectivity index (χ1v) is 11.4. The van der Waals surface area contributed by atoms with E-state index in [2.05, 4.69) is 12.2 Å². The number of carbonyl (C=O) groups is 2. The number of carbonyl (C=O) groups excluding carboxylic acids is 2. The maximum atomic E-state index is 13.5. The third kappa shape index (κ3) is 5.05. The van der Waals surface area contributed by atoms with Crippen molar-refractivity contribution in [2.75, 3.05) is 16.8 Å². The maximum Gasteiger partial charge on any atom is 0.347 e. The number of hydrogen-bond donors (Lipinski definition) is 2. The molecule has 0 aromatic heterocycles. The number of anilines is 2. The number of urea groups is 2. The summed E-state index contributed by atoms with van der Waals surface area (Å²) in [5, 5.41) is 14.4. The molecular formula is C25H34N4O3. The second-order valence-electron chi connectivity index (χ2n) is 8.72. The van der Waals surface area contributed by atoms with Crippen molar-refractivity contribution in [1.82, 2.24) is 9.96 Å². The Hall–Kier alpha value is -3.06. The smallest absolute Gasteiger partial charge is 0.315 e. The number of nitrogens with one attached hydrogen (secondary N) is 1. The van der Waals surface area contributed by atoms with E-state index in [0.717, 1.165) is 25.7 Å². The summed E-state index contributed by atoms with van der Waals surface area (Å²) in [6.07, 6.45) is 4.51. The van der Waals surface area contributed by atoms with Gasteiger partial charge in [-0.3, -0.25) is 10.1 Å². The number of hydroxylamine groups is 2. The van der Waals surface area contributed by atoms with Crippen molar-refractivity contribution in [3.05, 3.63) is 60.7 Å². The molecule has 0 aliphatic carbocycles. The molecule has 3 rings (SSSR count). The van der Waals surface area contributed by atoms with E-state index in [1.165, 1.54) is 11.3 Å². The summed E-state index contributed by atoms with van der Waals surface area (Å²) in [5.41, 5.74) is 0.397. The molecular weight excluding hydrogens is 404 g/mol. The zero-order valence-electron chi connectivity index (χ0n) is 19.2. The normalized spacial score (nSPS) is 17.5. The van der Waals surface area contributed by atoms with Gasteiger partial charge in [0.1, 0.15) is 0 Å². The minimum absolute atomic E-state index is 0.215. The number of hydrogen-bond acceptors (Lipinski definition) is 3. The van der Waals surface area contributed by atoms with Gasteiger partial charge in [-0.25, -0.2) is 9.59 Å². The van der Waals surface area contributed by atoms with Gasteiger partial charge in [-0.05, 0) is 44.5 Å². The van der Waals surface area contributed by atoms with Crippen LogP contribution in [0.15, 0.2) is 60.7 Å². The molecule has 4 amide bonds. The minimum atomic E-state index is -0.892. The zero-order chi connectivity index (χ0) is 23.1. The highest BCUT2D eigenvalue weighted by molar-refractivity contribution is 5.98. The third-order valence-electron chi connectivity index (χ3n) is 5.99. The Balaban J connectivity index is 1.85. The van der Waals surface area contributed by atoms with E-state index >= 15 is 0 Å². The fourth-order valence-corrected chi connectivity index (χ4v) is 4.26. The first-order valence-electron chi connectivity index (χ1n) is 11.4. The summed E-state index contributed by atoms with van der Waals surface area (Å²) < 4.78 is 0. The molecule has 7 heteroatoms. The Bertz CT molecular complexity index is 889. The summed E-state index contributed by atoms with van der Waals surface area (Å²) in [5.74, 6) is 0. The average molecular weight is 439 g/mol. The molecule has 0 bridgehead atoms. The second-order valence-corrected chi connectivity index (χ2v) is 8.72. The van der Waals surface area contributed by atoms with Crippen molar-refractivity contribution < 1.29 is 14.8 Å². The van der Waals surface area contributed by atoms with E-state index in [4.69, 9.17) is 0 Å². The lowest BCUT2D eigenvalue weighted by Crippen LogP contribution is -2.58. The monoisotopic (exact) mass is 438 g/mol. The molecule has 1 saturated heterocycles. The molecule has 2 aromatic carbocycles. The van der Waals surface area contributed by atoms with Crippen LogP contribution in [0.5, 0.6) is 0 Å². The van der Waals surface area contributed by atoms with Gasteiger partial charge in [-0.2, -0.15) is 5.06 Å². The molecule has 1 heterocycles. The Kier molecular flexibility index (Phi) is 7.75. The summed E-state index contributed by atoms with van der Waals surface area (Å²) in [4.78, 5) is 29.7. The standard InChI is InChI=1S/C25H34N4O3/c1-4-5-6-7-14-19-27-24(31)28(21-17-12-9-13-18-21)22(25(27,2)3)29(32)23(30)26-20-15-10-8-11-16-20/h8-13,15-18,22,32H,4-7,14,19H2,1-3H3,(H,26,30)/t22-/m1/s1. The lowest BCUT2D eigenvalue weighted by Gasteiger charge is -2.38. The van der Waals surface area contributed by atoms with Gasteiger partial charge in [0, 0.05) is 17.9 Å². The molecule has 1 aliphatic heterocycles. The van der Waals surface area contributed by atoms with Crippen LogP contribution in [-0.2, 0) is 0 Å². The molecule has 2 aromatic rings. The van der Waals surface area contributed by atoms with Gasteiger partial charge in [0.25, 0.3) is 0 Å². The van der Waals surface area contributed by atoms with Gasteiger partial charge in [-0.1, -0.05) is 69.0 Å². The predicted octanol–water partition coefficient (Wildman–Crippen LogP) is 5.93. The lowest BCUT2D eigenvalue weighted by molar-refractivity contribution is -0.0949. The molecule has 1 aliphatic rings. The van der Waals surface area contributed by atoms with Gasteiger partial charge < -0.3 is 10.2 Å². The average Bonchev–Trinajstić information content (AvgIpc) is 2.99. The maximum absolute atomic E-state index is 13.5. The molecule has 1 fully saturated rings. The highest BCUT2D eigenvalue weighted by Gasteiger charge is 2.55. The molecule has 32 heavy (non-hydrogen) atoms. The molecule has 172 valence electrons. The van der Waals surface area contributed by atoms with Crippen LogP contribution in [0, 0.1) is 0 Å². The number of benzene rings is 2. The van der Waals surface area contributed by atoms with Crippen molar-refractivity contribution in [3.63, 3.8) is 0 Å². The molecule has 1 atom stereocenters.